The van der Waals surface area contributed by atoms with Crippen molar-refractivity contribution < 1.29 is 18.0 Å². The number of sulfone groups is 1. The minimum absolute atomic E-state index is 0.0100. The SMILES string of the molecule is CN(C(=O)CCN1C(=O)C(=Cc2ccccc2)SC1=S)C1CCS(=O)(=O)C1. The van der Waals surface area contributed by atoms with Gasteiger partial charge in [-0.05, 0) is 18.1 Å². The van der Waals surface area contributed by atoms with Crippen LogP contribution in [0, 0.1) is 0 Å². The Balaban J connectivity index is 1.59. The Labute approximate surface area is 168 Å². The van der Waals surface area contributed by atoms with Crippen molar-refractivity contribution in [1.29, 1.82) is 0 Å². The molecule has 1 aromatic carbocycles. The van der Waals surface area contributed by atoms with Crippen LogP contribution in [0.15, 0.2) is 35.2 Å². The highest BCUT2D eigenvalue weighted by atomic mass is 32.2. The second-order valence-corrected chi connectivity index (χ2v) is 10.5. The average molecular weight is 425 g/mol. The molecule has 1 aromatic rings. The zero-order chi connectivity index (χ0) is 19.6. The molecule has 144 valence electrons. The lowest BCUT2D eigenvalue weighted by molar-refractivity contribution is -0.132. The fraction of sp³-hybridized carbons (Fsp3) is 0.389. The van der Waals surface area contributed by atoms with Crippen LogP contribution in [0.1, 0.15) is 18.4 Å². The first-order valence-corrected chi connectivity index (χ1v) is 11.6. The number of hydrogen-bond donors (Lipinski definition) is 0. The van der Waals surface area contributed by atoms with Gasteiger partial charge >= 0.3 is 0 Å². The van der Waals surface area contributed by atoms with Gasteiger partial charge in [0.05, 0.1) is 16.4 Å². The summed E-state index contributed by atoms with van der Waals surface area (Å²) < 4.78 is 23.6. The quantitative estimate of drug-likeness (QED) is 0.531. The van der Waals surface area contributed by atoms with Crippen molar-refractivity contribution in [3.8, 4) is 0 Å². The van der Waals surface area contributed by atoms with Crippen LogP contribution >= 0.6 is 24.0 Å². The van der Waals surface area contributed by atoms with Gasteiger partial charge in [-0.3, -0.25) is 14.5 Å². The summed E-state index contributed by atoms with van der Waals surface area (Å²) in [7, 11) is -1.43. The summed E-state index contributed by atoms with van der Waals surface area (Å²) in [4.78, 5) is 28.5. The fourth-order valence-corrected chi connectivity index (χ4v) is 6.14. The summed E-state index contributed by atoms with van der Waals surface area (Å²) in [5, 5.41) is 0. The van der Waals surface area contributed by atoms with Crippen molar-refractivity contribution >= 4 is 56.0 Å². The predicted octanol–water partition coefficient (Wildman–Crippen LogP) is 1.92. The molecule has 2 heterocycles. The van der Waals surface area contributed by atoms with Crippen LogP contribution in [-0.4, -0.2) is 65.5 Å². The highest BCUT2D eigenvalue weighted by Gasteiger charge is 2.35. The molecule has 1 atom stereocenters. The van der Waals surface area contributed by atoms with E-state index in [1.165, 1.54) is 21.6 Å². The van der Waals surface area contributed by atoms with Crippen LogP contribution in [0.2, 0.25) is 0 Å². The van der Waals surface area contributed by atoms with E-state index in [0.717, 1.165) is 5.56 Å². The van der Waals surface area contributed by atoms with Gasteiger partial charge in [0, 0.05) is 26.1 Å². The number of amides is 2. The number of hydrogen-bond acceptors (Lipinski definition) is 6. The zero-order valence-electron chi connectivity index (χ0n) is 14.8. The van der Waals surface area contributed by atoms with Gasteiger partial charge < -0.3 is 4.90 Å². The van der Waals surface area contributed by atoms with Gasteiger partial charge in [-0.2, -0.15) is 0 Å². The third-order valence-corrected chi connectivity index (χ3v) is 7.80. The lowest BCUT2D eigenvalue weighted by atomic mass is 10.2. The Hall–Kier alpha value is -1.71. The molecule has 2 saturated heterocycles. The predicted molar refractivity (Wildman–Crippen MR) is 111 cm³/mol. The van der Waals surface area contributed by atoms with Crippen molar-refractivity contribution in [3.05, 3.63) is 40.8 Å². The maximum atomic E-state index is 12.6. The normalized spacial score (nSPS) is 23.2. The molecule has 0 spiro atoms. The summed E-state index contributed by atoms with van der Waals surface area (Å²) >= 11 is 6.52. The molecule has 0 aliphatic carbocycles. The topological polar surface area (TPSA) is 74.8 Å². The molecule has 27 heavy (non-hydrogen) atoms. The number of benzene rings is 1. The molecule has 0 saturated carbocycles. The molecule has 0 bridgehead atoms. The first kappa shape index (κ1) is 20.0. The Morgan fingerprint density at radius 2 is 2.07 bits per heavy atom. The Kier molecular flexibility index (Phi) is 6.02. The van der Waals surface area contributed by atoms with E-state index >= 15 is 0 Å². The summed E-state index contributed by atoms with van der Waals surface area (Å²) in [5.74, 6) is -0.254. The summed E-state index contributed by atoms with van der Waals surface area (Å²) in [5.41, 5.74) is 0.913. The number of thiocarbonyl (C=S) groups is 1. The molecule has 0 N–H and O–H groups in total. The molecule has 2 aliphatic rings. The van der Waals surface area contributed by atoms with Gasteiger partial charge in [0.1, 0.15) is 4.32 Å². The molecule has 6 nitrogen and oxygen atoms in total. The Morgan fingerprint density at radius 3 is 2.70 bits per heavy atom. The van der Waals surface area contributed by atoms with Crippen LogP contribution in [0.4, 0.5) is 0 Å². The molecular formula is C18H20N2O4S3. The number of carbonyl (C=O) groups is 2. The lowest BCUT2D eigenvalue weighted by Gasteiger charge is -2.24. The van der Waals surface area contributed by atoms with Crippen LogP contribution in [0.5, 0.6) is 0 Å². The summed E-state index contributed by atoms with van der Waals surface area (Å²) in [6.07, 6.45) is 2.36. The second-order valence-electron chi connectivity index (χ2n) is 6.56. The summed E-state index contributed by atoms with van der Waals surface area (Å²) in [6.45, 7) is 0.194. The number of thioether (sulfide) groups is 1. The molecule has 2 fully saturated rings. The van der Waals surface area contributed by atoms with Gasteiger partial charge in [-0.25, -0.2) is 8.42 Å². The zero-order valence-corrected chi connectivity index (χ0v) is 17.3. The smallest absolute Gasteiger partial charge is 0.266 e. The monoisotopic (exact) mass is 424 g/mol. The van der Waals surface area contributed by atoms with E-state index in [1.54, 1.807) is 13.1 Å². The Bertz CT molecular complexity index is 896. The maximum absolute atomic E-state index is 12.6. The largest absolute Gasteiger partial charge is 0.342 e. The van der Waals surface area contributed by atoms with E-state index in [0.29, 0.717) is 15.6 Å². The molecular weight excluding hydrogens is 404 g/mol. The van der Waals surface area contributed by atoms with Gasteiger partial charge in [-0.15, -0.1) is 0 Å². The molecule has 2 amide bonds. The van der Waals surface area contributed by atoms with Gasteiger partial charge in [-0.1, -0.05) is 54.3 Å². The molecule has 0 radical (unpaired) electrons. The Morgan fingerprint density at radius 1 is 1.37 bits per heavy atom. The number of carbonyl (C=O) groups excluding carboxylic acids is 2. The molecule has 3 rings (SSSR count). The lowest BCUT2D eigenvalue weighted by Crippen LogP contribution is -2.40. The molecule has 2 aliphatic heterocycles. The maximum Gasteiger partial charge on any atom is 0.266 e. The van der Waals surface area contributed by atoms with E-state index in [2.05, 4.69) is 0 Å². The van der Waals surface area contributed by atoms with Crippen molar-refractivity contribution in [3.63, 3.8) is 0 Å². The van der Waals surface area contributed by atoms with Crippen LogP contribution in [0.25, 0.3) is 6.08 Å². The third-order valence-electron chi connectivity index (χ3n) is 4.67. The highest BCUT2D eigenvalue weighted by molar-refractivity contribution is 8.26. The van der Waals surface area contributed by atoms with E-state index in [9.17, 15) is 18.0 Å². The van der Waals surface area contributed by atoms with Crippen molar-refractivity contribution in [2.24, 2.45) is 0 Å². The average Bonchev–Trinajstić information content (AvgIpc) is 3.12. The van der Waals surface area contributed by atoms with Crippen LogP contribution in [-0.2, 0) is 19.4 Å². The van der Waals surface area contributed by atoms with Crippen molar-refractivity contribution in [2.45, 2.75) is 18.9 Å². The standard InChI is InChI=1S/C18H20N2O4S3/c1-19(14-8-10-27(23,24)12-14)16(21)7-9-20-17(22)15(26-18(20)25)11-13-5-3-2-4-6-13/h2-6,11,14H,7-10,12H2,1H3. The first-order valence-electron chi connectivity index (χ1n) is 8.53. The van der Waals surface area contributed by atoms with Gasteiger partial charge in [0.2, 0.25) is 5.91 Å². The van der Waals surface area contributed by atoms with Gasteiger partial charge in [0.25, 0.3) is 5.91 Å². The molecule has 1 unspecified atom stereocenters. The van der Waals surface area contributed by atoms with Crippen molar-refractivity contribution in [2.75, 3.05) is 25.1 Å². The van der Waals surface area contributed by atoms with Gasteiger partial charge in [0.15, 0.2) is 9.84 Å². The number of nitrogens with zero attached hydrogens (tertiary/aromatic N) is 2. The minimum Gasteiger partial charge on any atom is -0.342 e. The molecule has 9 heteroatoms. The number of rotatable bonds is 5. The summed E-state index contributed by atoms with van der Waals surface area (Å²) in [6, 6.07) is 9.21. The van der Waals surface area contributed by atoms with Crippen LogP contribution < -0.4 is 0 Å². The highest BCUT2D eigenvalue weighted by Crippen LogP contribution is 2.32. The van der Waals surface area contributed by atoms with E-state index in [4.69, 9.17) is 12.2 Å². The van der Waals surface area contributed by atoms with E-state index in [-0.39, 0.29) is 42.3 Å². The third kappa shape index (κ3) is 4.77. The van der Waals surface area contributed by atoms with E-state index < -0.39 is 9.84 Å². The first-order chi connectivity index (χ1) is 12.8. The fourth-order valence-electron chi connectivity index (χ4n) is 3.06. The molecule has 0 aromatic heterocycles. The second kappa shape index (κ2) is 8.12. The minimum atomic E-state index is -3.05. The van der Waals surface area contributed by atoms with Crippen LogP contribution in [0.3, 0.4) is 0 Å². The van der Waals surface area contributed by atoms with Crippen molar-refractivity contribution in [1.82, 2.24) is 9.80 Å². The van der Waals surface area contributed by atoms with E-state index in [1.807, 2.05) is 30.3 Å².